The second-order valence-electron chi connectivity index (χ2n) is 8.12. The minimum absolute atomic E-state index is 0.261. The predicted molar refractivity (Wildman–Crippen MR) is 101 cm³/mol. The van der Waals surface area contributed by atoms with Gasteiger partial charge >= 0.3 is 6.09 Å². The second kappa shape index (κ2) is 7.82. The summed E-state index contributed by atoms with van der Waals surface area (Å²) in [6, 6.07) is 4.96. The van der Waals surface area contributed by atoms with Gasteiger partial charge in [0.15, 0.2) is 5.79 Å². The molecular formula is C19H27BrFNO4. The first-order chi connectivity index (χ1) is 11.9. The van der Waals surface area contributed by atoms with E-state index < -0.39 is 23.0 Å². The van der Waals surface area contributed by atoms with Gasteiger partial charge in [0, 0.05) is 4.47 Å². The summed E-state index contributed by atoms with van der Waals surface area (Å²) >= 11 is 3.25. The molecule has 0 aliphatic carbocycles. The molecule has 1 amide bonds. The molecule has 0 saturated carbocycles. The first-order valence-corrected chi connectivity index (χ1v) is 9.42. The first kappa shape index (κ1) is 21.1. The molecule has 1 aromatic carbocycles. The monoisotopic (exact) mass is 431 g/mol. The molecule has 146 valence electrons. The molecule has 26 heavy (non-hydrogen) atoms. The lowest BCUT2D eigenvalue weighted by Crippen LogP contribution is -2.61. The van der Waals surface area contributed by atoms with Crippen LogP contribution < -0.4 is 5.32 Å². The number of alkyl carbamates (subject to hydrolysis) is 1. The highest BCUT2D eigenvalue weighted by Crippen LogP contribution is 2.28. The van der Waals surface area contributed by atoms with Crippen LogP contribution in [-0.2, 0) is 20.6 Å². The van der Waals surface area contributed by atoms with E-state index >= 15 is 0 Å². The van der Waals surface area contributed by atoms with E-state index in [1.54, 1.807) is 32.9 Å². The Morgan fingerprint density at radius 3 is 2.46 bits per heavy atom. The van der Waals surface area contributed by atoms with E-state index in [0.29, 0.717) is 22.9 Å². The number of carbonyl (C=O) groups is 1. The van der Waals surface area contributed by atoms with Crippen molar-refractivity contribution >= 4 is 22.0 Å². The standard InChI is InChI=1S/C19H27BrFNO4/c1-17(2,3)26-16(23)22-19(11-24-18(4,5)25-12-19)9-8-13-6-7-14(20)10-15(13)21/h6-7,10H,8-9,11-12H2,1-5H3,(H,22,23). The molecule has 1 heterocycles. The van der Waals surface area contributed by atoms with Gasteiger partial charge in [0.25, 0.3) is 0 Å². The Morgan fingerprint density at radius 2 is 1.92 bits per heavy atom. The summed E-state index contributed by atoms with van der Waals surface area (Å²) in [6.07, 6.45) is 0.351. The lowest BCUT2D eigenvalue weighted by Gasteiger charge is -2.44. The predicted octanol–water partition coefficient (Wildman–Crippen LogP) is 4.57. The number of nitrogens with one attached hydrogen (secondary N) is 1. The molecule has 0 bridgehead atoms. The maximum Gasteiger partial charge on any atom is 0.408 e. The number of ether oxygens (including phenoxy) is 3. The number of carbonyl (C=O) groups excluding carboxylic acids is 1. The minimum Gasteiger partial charge on any atom is -0.444 e. The van der Waals surface area contributed by atoms with Gasteiger partial charge in [-0.25, -0.2) is 9.18 Å². The topological polar surface area (TPSA) is 56.8 Å². The van der Waals surface area contributed by atoms with Crippen LogP contribution in [0.3, 0.4) is 0 Å². The molecule has 7 heteroatoms. The van der Waals surface area contributed by atoms with Crippen LogP contribution >= 0.6 is 15.9 Å². The fourth-order valence-electron chi connectivity index (χ4n) is 2.60. The van der Waals surface area contributed by atoms with Gasteiger partial charge in [0.1, 0.15) is 11.4 Å². The highest BCUT2D eigenvalue weighted by molar-refractivity contribution is 9.10. The van der Waals surface area contributed by atoms with Gasteiger partial charge < -0.3 is 19.5 Å². The number of hydrogen-bond acceptors (Lipinski definition) is 4. The normalized spacial score (nSPS) is 19.0. The maximum absolute atomic E-state index is 14.1. The molecule has 1 aromatic rings. The fourth-order valence-corrected chi connectivity index (χ4v) is 2.94. The zero-order valence-corrected chi connectivity index (χ0v) is 17.5. The van der Waals surface area contributed by atoms with Gasteiger partial charge in [-0.1, -0.05) is 22.0 Å². The fraction of sp³-hybridized carbons (Fsp3) is 0.632. The first-order valence-electron chi connectivity index (χ1n) is 8.63. The van der Waals surface area contributed by atoms with Crippen molar-refractivity contribution in [3.8, 4) is 0 Å². The zero-order valence-electron chi connectivity index (χ0n) is 15.9. The molecule has 1 saturated heterocycles. The lowest BCUT2D eigenvalue weighted by molar-refractivity contribution is -0.271. The van der Waals surface area contributed by atoms with E-state index in [9.17, 15) is 9.18 Å². The summed E-state index contributed by atoms with van der Waals surface area (Å²) < 4.78 is 31.7. The SMILES string of the molecule is CC(C)(C)OC(=O)NC1(CCc2ccc(Br)cc2F)COC(C)(C)OC1. The summed E-state index contributed by atoms with van der Waals surface area (Å²) in [4.78, 5) is 12.3. The van der Waals surface area contributed by atoms with Crippen LogP contribution in [0.5, 0.6) is 0 Å². The van der Waals surface area contributed by atoms with Crippen molar-refractivity contribution in [1.29, 1.82) is 0 Å². The highest BCUT2D eigenvalue weighted by atomic mass is 79.9. The van der Waals surface area contributed by atoms with Crippen molar-refractivity contribution in [1.82, 2.24) is 5.32 Å². The molecule has 1 fully saturated rings. The van der Waals surface area contributed by atoms with Gasteiger partial charge in [-0.3, -0.25) is 0 Å². The molecule has 5 nitrogen and oxygen atoms in total. The van der Waals surface area contributed by atoms with Crippen molar-refractivity contribution in [2.75, 3.05) is 13.2 Å². The van der Waals surface area contributed by atoms with Gasteiger partial charge in [0.05, 0.1) is 18.8 Å². The highest BCUT2D eigenvalue weighted by Gasteiger charge is 2.42. The summed E-state index contributed by atoms with van der Waals surface area (Å²) in [7, 11) is 0. The third kappa shape index (κ3) is 6.21. The van der Waals surface area contributed by atoms with Crippen LogP contribution in [0.25, 0.3) is 0 Å². The Kier molecular flexibility index (Phi) is 6.36. The summed E-state index contributed by atoms with van der Waals surface area (Å²) in [5.41, 5.74) is -0.820. The Bertz CT molecular complexity index is 647. The molecule has 0 aromatic heterocycles. The van der Waals surface area contributed by atoms with Crippen molar-refractivity contribution in [3.63, 3.8) is 0 Å². The molecule has 0 radical (unpaired) electrons. The lowest BCUT2D eigenvalue weighted by atomic mass is 9.91. The van der Waals surface area contributed by atoms with Gasteiger partial charge in [-0.2, -0.15) is 0 Å². The average Bonchev–Trinajstić information content (AvgIpc) is 2.47. The van der Waals surface area contributed by atoms with Crippen LogP contribution in [0.15, 0.2) is 22.7 Å². The Morgan fingerprint density at radius 1 is 1.31 bits per heavy atom. The second-order valence-corrected chi connectivity index (χ2v) is 9.04. The van der Waals surface area contributed by atoms with Crippen LogP contribution in [0, 0.1) is 5.82 Å². The smallest absolute Gasteiger partial charge is 0.408 e. The van der Waals surface area contributed by atoms with Crippen LogP contribution in [0.2, 0.25) is 0 Å². The molecule has 1 aliphatic rings. The molecule has 0 spiro atoms. The molecule has 1 aliphatic heterocycles. The zero-order chi connectivity index (χ0) is 19.6. The molecule has 0 unspecified atom stereocenters. The Balaban J connectivity index is 2.12. The molecular weight excluding hydrogens is 405 g/mol. The molecule has 0 atom stereocenters. The number of rotatable bonds is 4. The van der Waals surface area contributed by atoms with E-state index in [1.165, 1.54) is 6.07 Å². The van der Waals surface area contributed by atoms with Crippen LogP contribution in [-0.4, -0.2) is 36.2 Å². The quantitative estimate of drug-likeness (QED) is 0.758. The maximum atomic E-state index is 14.1. The number of hydrogen-bond donors (Lipinski definition) is 1. The van der Waals surface area contributed by atoms with Crippen LogP contribution in [0.4, 0.5) is 9.18 Å². The Hall–Kier alpha value is -1.18. The van der Waals surface area contributed by atoms with Crippen molar-refractivity contribution < 1.29 is 23.4 Å². The average molecular weight is 432 g/mol. The number of aryl methyl sites for hydroxylation is 1. The van der Waals surface area contributed by atoms with Crippen molar-refractivity contribution in [2.45, 2.75) is 64.4 Å². The van der Waals surface area contributed by atoms with E-state index in [2.05, 4.69) is 21.2 Å². The largest absolute Gasteiger partial charge is 0.444 e. The van der Waals surface area contributed by atoms with E-state index in [4.69, 9.17) is 14.2 Å². The number of benzene rings is 1. The third-order valence-electron chi connectivity index (χ3n) is 4.05. The van der Waals surface area contributed by atoms with E-state index in [0.717, 1.165) is 0 Å². The molecule has 1 N–H and O–H groups in total. The number of amides is 1. The summed E-state index contributed by atoms with van der Waals surface area (Å²) in [5.74, 6) is -1.01. The molecule has 2 rings (SSSR count). The van der Waals surface area contributed by atoms with Gasteiger partial charge in [0.2, 0.25) is 0 Å². The van der Waals surface area contributed by atoms with E-state index in [-0.39, 0.29) is 19.0 Å². The van der Waals surface area contributed by atoms with E-state index in [1.807, 2.05) is 13.8 Å². The summed E-state index contributed by atoms with van der Waals surface area (Å²) in [5, 5.41) is 2.88. The Labute approximate surface area is 162 Å². The van der Waals surface area contributed by atoms with Crippen molar-refractivity contribution in [3.05, 3.63) is 34.1 Å². The number of halogens is 2. The third-order valence-corrected chi connectivity index (χ3v) is 4.54. The van der Waals surface area contributed by atoms with Crippen LogP contribution in [0.1, 0.15) is 46.6 Å². The summed E-state index contributed by atoms with van der Waals surface area (Å²) in [6.45, 7) is 9.56. The minimum atomic E-state index is -0.780. The van der Waals surface area contributed by atoms with Gasteiger partial charge in [-0.15, -0.1) is 0 Å². The van der Waals surface area contributed by atoms with Crippen molar-refractivity contribution in [2.24, 2.45) is 0 Å². The van der Waals surface area contributed by atoms with Gasteiger partial charge in [-0.05, 0) is 65.2 Å².